The molecule has 1 amide bonds. The number of ether oxygens (including phenoxy) is 2. The summed E-state index contributed by atoms with van der Waals surface area (Å²) < 4.78 is 16.5. The van der Waals surface area contributed by atoms with Crippen LogP contribution in [-0.2, 0) is 4.74 Å². The standard InChI is InChI=1S/C28H32N6O4/c1-17-25(18(2)38-32-17)28(35)34-10-9-33(14-19-8-11-37-16-19)15-24(34)26-29-13-23(30-26)21-12-20-6-4-5-7-22(20)31-27(21)36-3/h4-7,12-13,19,24H,8-11,14-16H2,1-3H3,(H,29,30). The molecular formula is C28H32N6O4. The van der Waals surface area contributed by atoms with Gasteiger partial charge in [-0.3, -0.25) is 9.69 Å². The zero-order chi connectivity index (χ0) is 26.2. The molecule has 2 aliphatic rings. The van der Waals surface area contributed by atoms with Crippen LogP contribution in [0, 0.1) is 19.8 Å². The molecule has 2 unspecified atom stereocenters. The molecule has 10 heteroatoms. The molecule has 0 saturated carbocycles. The van der Waals surface area contributed by atoms with Crippen molar-refractivity contribution >= 4 is 16.8 Å². The fourth-order valence-corrected chi connectivity index (χ4v) is 5.60. The number of aromatic amines is 1. The molecule has 3 aromatic heterocycles. The van der Waals surface area contributed by atoms with Gasteiger partial charge in [0.15, 0.2) is 0 Å². The number of aryl methyl sites for hydroxylation is 2. The topological polar surface area (TPSA) is 110 Å². The Morgan fingerprint density at radius 3 is 2.87 bits per heavy atom. The number of piperazine rings is 1. The van der Waals surface area contributed by atoms with Gasteiger partial charge >= 0.3 is 0 Å². The highest BCUT2D eigenvalue weighted by Gasteiger charge is 2.37. The van der Waals surface area contributed by atoms with Crippen LogP contribution in [0.2, 0.25) is 0 Å². The second-order valence-corrected chi connectivity index (χ2v) is 10.1. The van der Waals surface area contributed by atoms with Crippen molar-refractivity contribution in [3.8, 4) is 17.1 Å². The van der Waals surface area contributed by atoms with Crippen LogP contribution in [0.5, 0.6) is 5.88 Å². The minimum atomic E-state index is -0.263. The number of imidazole rings is 1. The molecule has 10 nitrogen and oxygen atoms in total. The third-order valence-electron chi connectivity index (χ3n) is 7.60. The van der Waals surface area contributed by atoms with E-state index in [2.05, 4.69) is 26.1 Å². The molecule has 0 aliphatic carbocycles. The Morgan fingerprint density at radius 2 is 2.11 bits per heavy atom. The van der Waals surface area contributed by atoms with E-state index in [0.717, 1.165) is 60.7 Å². The number of hydrogen-bond acceptors (Lipinski definition) is 8. The van der Waals surface area contributed by atoms with Crippen LogP contribution in [0.1, 0.15) is 40.1 Å². The van der Waals surface area contributed by atoms with Gasteiger partial charge in [0.1, 0.15) is 23.2 Å². The summed E-state index contributed by atoms with van der Waals surface area (Å²) in [5.74, 6) is 2.21. The maximum Gasteiger partial charge on any atom is 0.260 e. The Bertz CT molecular complexity index is 1440. The fraction of sp³-hybridized carbons (Fsp3) is 0.429. The van der Waals surface area contributed by atoms with Gasteiger partial charge in [-0.2, -0.15) is 0 Å². The first-order chi connectivity index (χ1) is 18.5. The van der Waals surface area contributed by atoms with Gasteiger partial charge in [0.25, 0.3) is 5.91 Å². The van der Waals surface area contributed by atoms with E-state index in [1.165, 1.54) is 0 Å². The molecule has 0 spiro atoms. The number of fused-ring (bicyclic) bond motifs is 1. The van der Waals surface area contributed by atoms with Gasteiger partial charge in [-0.05, 0) is 38.3 Å². The fourth-order valence-electron chi connectivity index (χ4n) is 5.60. The first-order valence-corrected chi connectivity index (χ1v) is 13.0. The van der Waals surface area contributed by atoms with Gasteiger partial charge in [-0.25, -0.2) is 9.97 Å². The second kappa shape index (κ2) is 10.2. The van der Waals surface area contributed by atoms with Crippen molar-refractivity contribution in [2.24, 2.45) is 5.92 Å². The van der Waals surface area contributed by atoms with Crippen molar-refractivity contribution in [2.45, 2.75) is 26.3 Å². The van der Waals surface area contributed by atoms with E-state index in [4.69, 9.17) is 19.0 Å². The van der Waals surface area contributed by atoms with Gasteiger partial charge in [-0.1, -0.05) is 23.4 Å². The lowest BCUT2D eigenvalue weighted by Gasteiger charge is -2.41. The molecule has 6 rings (SSSR count). The summed E-state index contributed by atoms with van der Waals surface area (Å²) in [6.07, 6.45) is 2.87. The third kappa shape index (κ3) is 4.54. The van der Waals surface area contributed by atoms with E-state index in [0.29, 0.717) is 41.9 Å². The van der Waals surface area contributed by atoms with Crippen LogP contribution >= 0.6 is 0 Å². The summed E-state index contributed by atoms with van der Waals surface area (Å²) in [5, 5.41) is 5.02. The molecular weight excluding hydrogens is 484 g/mol. The molecule has 5 heterocycles. The van der Waals surface area contributed by atoms with Gasteiger partial charge in [-0.15, -0.1) is 0 Å². The van der Waals surface area contributed by atoms with E-state index in [1.54, 1.807) is 27.2 Å². The normalized spacial score (nSPS) is 20.3. The average Bonchev–Trinajstić information content (AvgIpc) is 3.70. The zero-order valence-corrected chi connectivity index (χ0v) is 21.9. The number of carbonyl (C=O) groups is 1. The van der Waals surface area contributed by atoms with Crippen molar-refractivity contribution in [1.29, 1.82) is 0 Å². The van der Waals surface area contributed by atoms with E-state index in [1.807, 2.05) is 29.2 Å². The number of nitrogens with one attached hydrogen (secondary N) is 1. The average molecular weight is 517 g/mol. The monoisotopic (exact) mass is 516 g/mol. The number of carbonyl (C=O) groups excluding carboxylic acids is 1. The van der Waals surface area contributed by atoms with Crippen molar-refractivity contribution in [1.82, 2.24) is 29.9 Å². The van der Waals surface area contributed by atoms with E-state index >= 15 is 0 Å². The number of pyridine rings is 1. The molecule has 198 valence electrons. The molecule has 38 heavy (non-hydrogen) atoms. The molecule has 1 N–H and O–H groups in total. The number of H-pyrrole nitrogens is 1. The first-order valence-electron chi connectivity index (χ1n) is 13.0. The van der Waals surface area contributed by atoms with E-state index in [9.17, 15) is 4.79 Å². The van der Waals surface area contributed by atoms with Crippen molar-refractivity contribution < 1.29 is 18.8 Å². The minimum Gasteiger partial charge on any atom is -0.480 e. The lowest BCUT2D eigenvalue weighted by atomic mass is 10.0. The highest BCUT2D eigenvalue weighted by Crippen LogP contribution is 2.33. The number of para-hydroxylation sites is 1. The largest absolute Gasteiger partial charge is 0.480 e. The number of amides is 1. The lowest BCUT2D eigenvalue weighted by Crippen LogP contribution is -2.52. The highest BCUT2D eigenvalue weighted by atomic mass is 16.5. The highest BCUT2D eigenvalue weighted by molar-refractivity contribution is 5.96. The quantitative estimate of drug-likeness (QED) is 0.412. The Morgan fingerprint density at radius 1 is 1.24 bits per heavy atom. The summed E-state index contributed by atoms with van der Waals surface area (Å²) in [4.78, 5) is 31.0. The molecule has 2 saturated heterocycles. The van der Waals surface area contributed by atoms with Crippen molar-refractivity contribution in [2.75, 3.05) is 46.5 Å². The van der Waals surface area contributed by atoms with Gasteiger partial charge in [0.2, 0.25) is 5.88 Å². The molecule has 0 radical (unpaired) electrons. The Balaban J connectivity index is 1.34. The van der Waals surface area contributed by atoms with Gasteiger partial charge in [0, 0.05) is 38.2 Å². The molecule has 2 fully saturated rings. The van der Waals surface area contributed by atoms with Gasteiger partial charge in [0.05, 0.1) is 42.4 Å². The van der Waals surface area contributed by atoms with Crippen LogP contribution in [0.15, 0.2) is 41.1 Å². The Hall–Kier alpha value is -3.76. The number of hydrogen-bond donors (Lipinski definition) is 1. The summed E-state index contributed by atoms with van der Waals surface area (Å²) in [6, 6.07) is 9.73. The number of rotatable bonds is 6. The third-order valence-corrected chi connectivity index (χ3v) is 7.60. The van der Waals surface area contributed by atoms with Crippen molar-refractivity contribution in [3.63, 3.8) is 0 Å². The van der Waals surface area contributed by atoms with Crippen molar-refractivity contribution in [3.05, 3.63) is 59.4 Å². The van der Waals surface area contributed by atoms with Gasteiger partial charge < -0.3 is 23.9 Å². The second-order valence-electron chi connectivity index (χ2n) is 10.1. The van der Waals surface area contributed by atoms with Crippen LogP contribution in [0.4, 0.5) is 0 Å². The number of nitrogens with zero attached hydrogens (tertiary/aromatic N) is 5. The molecule has 2 atom stereocenters. The SMILES string of the molecule is COc1nc2ccccc2cc1-c1cnc(C2CN(CC3CCOC3)CCN2C(=O)c2c(C)noc2C)[nH]1. The van der Waals surface area contributed by atoms with Crippen LogP contribution in [0.3, 0.4) is 0 Å². The lowest BCUT2D eigenvalue weighted by molar-refractivity contribution is 0.0391. The number of aromatic nitrogens is 4. The Kier molecular flexibility index (Phi) is 6.59. The molecule has 0 bridgehead atoms. The predicted octanol–water partition coefficient (Wildman–Crippen LogP) is 3.77. The minimum absolute atomic E-state index is 0.0852. The smallest absolute Gasteiger partial charge is 0.260 e. The number of methoxy groups -OCH3 is 1. The summed E-state index contributed by atoms with van der Waals surface area (Å²) >= 11 is 0. The van der Waals surface area contributed by atoms with Crippen LogP contribution in [-0.4, -0.2) is 82.3 Å². The Labute approximate surface area is 220 Å². The number of benzene rings is 1. The summed E-state index contributed by atoms with van der Waals surface area (Å²) in [6.45, 7) is 8.19. The molecule has 1 aromatic carbocycles. The van der Waals surface area contributed by atoms with Crippen LogP contribution in [0.25, 0.3) is 22.2 Å². The summed E-state index contributed by atoms with van der Waals surface area (Å²) in [7, 11) is 1.62. The zero-order valence-electron chi connectivity index (χ0n) is 21.9. The maximum absolute atomic E-state index is 13.8. The predicted molar refractivity (Wildman–Crippen MR) is 141 cm³/mol. The molecule has 2 aliphatic heterocycles. The maximum atomic E-state index is 13.8. The summed E-state index contributed by atoms with van der Waals surface area (Å²) in [5.41, 5.74) is 3.61. The molecule has 4 aromatic rings. The van der Waals surface area contributed by atoms with E-state index in [-0.39, 0.29) is 11.9 Å². The first kappa shape index (κ1) is 24.6. The van der Waals surface area contributed by atoms with E-state index < -0.39 is 0 Å². The van der Waals surface area contributed by atoms with Crippen LogP contribution < -0.4 is 4.74 Å².